The molecule has 28 heavy (non-hydrogen) atoms. The van der Waals surface area contributed by atoms with Crippen LogP contribution in [0.15, 0.2) is 28.7 Å². The lowest BCUT2D eigenvalue weighted by Gasteiger charge is -2.31. The molecule has 4 heteroatoms. The lowest BCUT2D eigenvalue weighted by atomic mass is 9.71. The number of furan rings is 1. The van der Waals surface area contributed by atoms with Gasteiger partial charge in [-0.2, -0.15) is 0 Å². The van der Waals surface area contributed by atoms with Gasteiger partial charge in [-0.25, -0.2) is 0 Å². The smallest absolute Gasteiger partial charge is 0.197 e. The Bertz CT molecular complexity index is 960. The highest BCUT2D eigenvalue weighted by atomic mass is 16.5. The second kappa shape index (κ2) is 6.63. The normalized spacial score (nSPS) is 20.0. The molecule has 4 nitrogen and oxygen atoms in total. The first kappa shape index (κ1) is 17.7. The maximum atomic E-state index is 13.3. The topological polar surface area (TPSA) is 42.7 Å². The summed E-state index contributed by atoms with van der Waals surface area (Å²) in [7, 11) is 0. The van der Waals surface area contributed by atoms with Crippen molar-refractivity contribution in [3.8, 4) is 5.75 Å². The molecule has 0 N–H and O–H groups in total. The molecule has 3 aliphatic rings. The van der Waals surface area contributed by atoms with E-state index in [4.69, 9.17) is 9.15 Å². The molecule has 146 valence electrons. The number of allylic oxidation sites excluding steroid dienone is 1. The van der Waals surface area contributed by atoms with Crippen LogP contribution >= 0.6 is 0 Å². The zero-order valence-electron chi connectivity index (χ0n) is 16.7. The molecule has 2 aliphatic carbocycles. The number of ketones is 1. The predicted octanol–water partition coefficient (Wildman–Crippen LogP) is 4.58. The molecule has 1 aliphatic heterocycles. The molecule has 0 saturated carbocycles. The van der Waals surface area contributed by atoms with Gasteiger partial charge in [0, 0.05) is 23.1 Å². The lowest BCUT2D eigenvalue weighted by Crippen LogP contribution is -2.30. The third kappa shape index (κ3) is 2.74. The van der Waals surface area contributed by atoms with Crippen molar-refractivity contribution >= 4 is 11.9 Å². The van der Waals surface area contributed by atoms with Gasteiger partial charge >= 0.3 is 0 Å². The zero-order valence-corrected chi connectivity index (χ0v) is 16.7. The van der Waals surface area contributed by atoms with E-state index in [1.54, 1.807) is 0 Å². The van der Waals surface area contributed by atoms with Crippen molar-refractivity contribution in [1.29, 1.82) is 0 Å². The first-order valence-corrected chi connectivity index (χ1v) is 10.4. The van der Waals surface area contributed by atoms with Crippen LogP contribution in [0.2, 0.25) is 0 Å². The summed E-state index contributed by atoms with van der Waals surface area (Å²) in [4.78, 5) is 15.7. The fraction of sp³-hybridized carbons (Fsp3) is 0.458. The summed E-state index contributed by atoms with van der Waals surface area (Å²) < 4.78 is 12.2. The first-order chi connectivity index (χ1) is 13.6. The summed E-state index contributed by atoms with van der Waals surface area (Å²) >= 11 is 0. The van der Waals surface area contributed by atoms with Gasteiger partial charge in [0.2, 0.25) is 0 Å². The van der Waals surface area contributed by atoms with Crippen LogP contribution in [0.5, 0.6) is 5.75 Å². The van der Waals surface area contributed by atoms with E-state index in [1.165, 1.54) is 25.9 Å². The van der Waals surface area contributed by atoms with E-state index in [2.05, 4.69) is 24.8 Å². The molecule has 0 spiro atoms. The molecule has 0 amide bonds. The number of carbonyl (C=O) groups is 1. The van der Waals surface area contributed by atoms with Crippen LogP contribution in [-0.2, 0) is 11.8 Å². The molecule has 1 aromatic carbocycles. The predicted molar refractivity (Wildman–Crippen MR) is 109 cm³/mol. The molecule has 2 heterocycles. The number of ether oxygens (including phenoxy) is 1. The Kier molecular flexibility index (Phi) is 4.20. The third-order valence-electron chi connectivity index (χ3n) is 6.45. The summed E-state index contributed by atoms with van der Waals surface area (Å²) in [6, 6.07) is 5.91. The zero-order chi connectivity index (χ0) is 19.3. The van der Waals surface area contributed by atoms with Gasteiger partial charge in [0.05, 0.1) is 5.56 Å². The van der Waals surface area contributed by atoms with Gasteiger partial charge in [0.25, 0.3) is 0 Å². The molecule has 5 rings (SSSR count). The van der Waals surface area contributed by atoms with E-state index < -0.39 is 0 Å². The molecule has 0 atom stereocenters. The van der Waals surface area contributed by atoms with Crippen molar-refractivity contribution in [3.63, 3.8) is 0 Å². The Morgan fingerprint density at radius 2 is 2.04 bits per heavy atom. The number of nitrogens with zero attached hydrogens (tertiary/aromatic N) is 1. The molecule has 0 unspecified atom stereocenters. The van der Waals surface area contributed by atoms with Crippen molar-refractivity contribution < 1.29 is 13.9 Å². The first-order valence-electron chi connectivity index (χ1n) is 10.4. The van der Waals surface area contributed by atoms with Gasteiger partial charge in [-0.3, -0.25) is 9.69 Å². The number of likely N-dealkylation sites (tertiary alicyclic amines) is 1. The quantitative estimate of drug-likeness (QED) is 0.782. The average molecular weight is 377 g/mol. The number of fused-ring (bicyclic) bond motifs is 4. The highest BCUT2D eigenvalue weighted by Gasteiger charge is 2.43. The van der Waals surface area contributed by atoms with Gasteiger partial charge in [0.15, 0.2) is 5.78 Å². The molecule has 1 fully saturated rings. The van der Waals surface area contributed by atoms with Crippen LogP contribution in [-0.4, -0.2) is 36.9 Å². The van der Waals surface area contributed by atoms with Gasteiger partial charge in [-0.15, -0.1) is 0 Å². The fourth-order valence-electron chi connectivity index (χ4n) is 4.85. The van der Waals surface area contributed by atoms with E-state index in [-0.39, 0.29) is 11.2 Å². The van der Waals surface area contributed by atoms with Crippen LogP contribution in [0.3, 0.4) is 0 Å². The molecular weight excluding hydrogens is 350 g/mol. The largest absolute Gasteiger partial charge is 0.492 e. The fourth-order valence-corrected chi connectivity index (χ4v) is 4.85. The highest BCUT2D eigenvalue weighted by Crippen LogP contribution is 2.46. The van der Waals surface area contributed by atoms with Gasteiger partial charge in [0.1, 0.15) is 23.9 Å². The summed E-state index contributed by atoms with van der Waals surface area (Å²) in [5.41, 5.74) is 3.28. The minimum Gasteiger partial charge on any atom is -0.492 e. The van der Waals surface area contributed by atoms with Gasteiger partial charge < -0.3 is 9.15 Å². The second-order valence-corrected chi connectivity index (χ2v) is 8.65. The lowest BCUT2D eigenvalue weighted by molar-refractivity contribution is 0.102. The van der Waals surface area contributed by atoms with Crippen molar-refractivity contribution in [2.24, 2.45) is 0 Å². The van der Waals surface area contributed by atoms with Crippen molar-refractivity contribution in [3.05, 3.63) is 58.0 Å². The number of rotatable bonds is 4. The molecule has 0 bridgehead atoms. The Morgan fingerprint density at radius 1 is 1.21 bits per heavy atom. The summed E-state index contributed by atoms with van der Waals surface area (Å²) in [5.74, 6) is 2.58. The number of carbonyl (C=O) groups excluding carboxylic acids is 1. The summed E-state index contributed by atoms with van der Waals surface area (Å²) in [5, 5.41) is 0. The Hall–Kier alpha value is -2.33. The SMILES string of the molecule is CC1(C)c2cc(OCCN3CCCC3)ccc2C(=O)c2c1oc1c2CCC=C1. The molecule has 1 aromatic heterocycles. The van der Waals surface area contributed by atoms with Crippen molar-refractivity contribution in [2.75, 3.05) is 26.2 Å². The van der Waals surface area contributed by atoms with Crippen LogP contribution in [0.4, 0.5) is 0 Å². The second-order valence-electron chi connectivity index (χ2n) is 8.65. The van der Waals surface area contributed by atoms with E-state index in [0.717, 1.165) is 58.9 Å². The standard InChI is InChI=1S/C24H27NO3/c1-24(2)19-15-16(27-14-13-25-11-5-6-12-25)9-10-17(19)22(26)21-18-7-3-4-8-20(18)28-23(21)24/h4,8-10,15H,3,5-7,11-14H2,1-2H3. The maximum Gasteiger partial charge on any atom is 0.197 e. The minimum absolute atomic E-state index is 0.0910. The average Bonchev–Trinajstić information content (AvgIpc) is 3.34. The number of benzene rings is 1. The maximum absolute atomic E-state index is 13.3. The van der Waals surface area contributed by atoms with E-state index in [1.807, 2.05) is 24.3 Å². The molecule has 1 saturated heterocycles. The van der Waals surface area contributed by atoms with Gasteiger partial charge in [-0.05, 0) is 82.5 Å². The monoisotopic (exact) mass is 377 g/mol. The van der Waals surface area contributed by atoms with Crippen LogP contribution < -0.4 is 4.74 Å². The molecule has 0 radical (unpaired) electrons. The summed E-state index contributed by atoms with van der Waals surface area (Å²) in [6.07, 6.45) is 8.55. The van der Waals surface area contributed by atoms with Crippen molar-refractivity contribution in [1.82, 2.24) is 4.90 Å². The highest BCUT2D eigenvalue weighted by molar-refractivity contribution is 6.14. The van der Waals surface area contributed by atoms with Crippen LogP contribution in [0, 0.1) is 0 Å². The summed E-state index contributed by atoms with van der Waals surface area (Å²) in [6.45, 7) is 8.28. The van der Waals surface area contributed by atoms with E-state index in [9.17, 15) is 4.79 Å². The molecule has 2 aromatic rings. The van der Waals surface area contributed by atoms with Gasteiger partial charge in [-0.1, -0.05) is 6.08 Å². The number of hydrogen-bond donors (Lipinski definition) is 0. The Labute approximate surface area is 166 Å². The molecular formula is C24H27NO3. The Balaban J connectivity index is 1.45. The van der Waals surface area contributed by atoms with Crippen molar-refractivity contribution in [2.45, 2.75) is 44.9 Å². The van der Waals surface area contributed by atoms with Crippen LogP contribution in [0.25, 0.3) is 6.08 Å². The van der Waals surface area contributed by atoms with E-state index in [0.29, 0.717) is 6.61 Å². The van der Waals surface area contributed by atoms with E-state index >= 15 is 0 Å². The Morgan fingerprint density at radius 3 is 2.86 bits per heavy atom. The minimum atomic E-state index is -0.363. The third-order valence-corrected chi connectivity index (χ3v) is 6.45. The number of hydrogen-bond acceptors (Lipinski definition) is 4. The van der Waals surface area contributed by atoms with Crippen LogP contribution in [0.1, 0.15) is 71.7 Å².